The lowest BCUT2D eigenvalue weighted by Gasteiger charge is -2.27. The number of thioether (sulfide) groups is 1. The lowest BCUT2D eigenvalue weighted by Crippen LogP contribution is -2.21. The third-order valence-corrected chi connectivity index (χ3v) is 5.76. The van der Waals surface area contributed by atoms with Crippen molar-refractivity contribution in [1.29, 1.82) is 0 Å². The molecule has 2 rings (SSSR count). The highest BCUT2D eigenvalue weighted by atomic mass is 32.2. The van der Waals surface area contributed by atoms with E-state index in [0.29, 0.717) is 0 Å². The minimum Gasteiger partial charge on any atom is -0.203 e. The van der Waals surface area contributed by atoms with Crippen LogP contribution in [0.25, 0.3) is 0 Å². The molecule has 2 aromatic rings. The Bertz CT molecular complexity index is 974. The zero-order valence-corrected chi connectivity index (χ0v) is 16.8. The van der Waals surface area contributed by atoms with Crippen molar-refractivity contribution in [3.8, 4) is 0 Å². The largest absolute Gasteiger partial charge is 0.390 e. The summed E-state index contributed by atoms with van der Waals surface area (Å²) in [4.78, 5) is 0. The summed E-state index contributed by atoms with van der Waals surface area (Å²) in [6, 6.07) is 0. The molecule has 0 spiro atoms. The minimum atomic E-state index is -5.59. The molecule has 0 saturated heterocycles. The van der Waals surface area contributed by atoms with Crippen LogP contribution in [0.5, 0.6) is 0 Å². The second-order valence-corrected chi connectivity index (χ2v) is 8.13. The van der Waals surface area contributed by atoms with Gasteiger partial charge in [-0.1, -0.05) is 0 Å². The summed E-state index contributed by atoms with van der Waals surface area (Å²) in [7, 11) is 0. The standard InChI is InChI=1S/C18H6F16S/c19-7-5(8(20)12(24)15(27)11(7)23)3(1-17(29,30)31)35-4(2-18(32,33)34)6-9(21)13(25)16(28)14(26)10(6)22/h3-4H,1-2H2. The second kappa shape index (κ2) is 9.97. The van der Waals surface area contributed by atoms with E-state index in [4.69, 9.17) is 0 Å². The highest BCUT2D eigenvalue weighted by Crippen LogP contribution is 2.52. The van der Waals surface area contributed by atoms with Crippen molar-refractivity contribution in [3.63, 3.8) is 0 Å². The molecule has 0 radical (unpaired) electrons. The first-order valence-electron chi connectivity index (χ1n) is 8.60. The van der Waals surface area contributed by atoms with Crippen molar-refractivity contribution in [3.05, 3.63) is 69.3 Å². The number of halogens is 16. The van der Waals surface area contributed by atoms with Gasteiger partial charge in [0.2, 0.25) is 11.6 Å². The number of alkyl halides is 6. The maximum Gasteiger partial charge on any atom is 0.390 e. The number of rotatable bonds is 6. The van der Waals surface area contributed by atoms with Gasteiger partial charge in [-0.2, -0.15) is 26.3 Å². The zero-order chi connectivity index (χ0) is 27.2. The number of hydrogen-bond donors (Lipinski definition) is 0. The molecule has 2 unspecified atom stereocenters. The molecule has 0 aromatic heterocycles. The molecule has 0 aliphatic rings. The molecule has 35 heavy (non-hydrogen) atoms. The van der Waals surface area contributed by atoms with Gasteiger partial charge in [0.25, 0.3) is 0 Å². The fourth-order valence-electron chi connectivity index (χ4n) is 2.86. The van der Waals surface area contributed by atoms with E-state index >= 15 is 0 Å². The van der Waals surface area contributed by atoms with Crippen LogP contribution >= 0.6 is 11.8 Å². The Kier molecular flexibility index (Phi) is 8.23. The highest BCUT2D eigenvalue weighted by Gasteiger charge is 2.44. The van der Waals surface area contributed by atoms with Gasteiger partial charge in [0, 0.05) is 21.6 Å². The Hall–Kier alpha value is -2.33. The molecule has 0 bridgehead atoms. The van der Waals surface area contributed by atoms with E-state index in [1.807, 2.05) is 0 Å². The van der Waals surface area contributed by atoms with Crippen molar-refractivity contribution in [2.24, 2.45) is 0 Å². The van der Waals surface area contributed by atoms with Crippen LogP contribution in [0, 0.1) is 58.2 Å². The summed E-state index contributed by atoms with van der Waals surface area (Å²) in [5.41, 5.74) is -4.64. The minimum absolute atomic E-state index is 1.06. The summed E-state index contributed by atoms with van der Waals surface area (Å²) < 4.78 is 215. The van der Waals surface area contributed by atoms with Crippen LogP contribution in [0.1, 0.15) is 34.5 Å². The average Bonchev–Trinajstić information content (AvgIpc) is 2.71. The van der Waals surface area contributed by atoms with E-state index in [1.54, 1.807) is 0 Å². The van der Waals surface area contributed by atoms with E-state index in [9.17, 15) is 70.2 Å². The fraction of sp³-hybridized carbons (Fsp3) is 0.333. The Balaban J connectivity index is 2.81. The molecule has 196 valence electrons. The molecule has 0 aliphatic heterocycles. The summed E-state index contributed by atoms with van der Waals surface area (Å²) >= 11 is -1.06. The second-order valence-electron chi connectivity index (χ2n) is 6.72. The van der Waals surface area contributed by atoms with E-state index in [1.165, 1.54) is 0 Å². The van der Waals surface area contributed by atoms with Gasteiger partial charge in [-0.3, -0.25) is 0 Å². The SMILES string of the molecule is Fc1c(F)c(F)c(C(CC(F)(F)F)SC(CC(F)(F)F)c2c(F)c(F)c(F)c(F)c2F)c(F)c1F. The van der Waals surface area contributed by atoms with Gasteiger partial charge >= 0.3 is 12.4 Å². The normalized spacial score (nSPS) is 14.4. The van der Waals surface area contributed by atoms with Gasteiger partial charge in [0.1, 0.15) is 0 Å². The van der Waals surface area contributed by atoms with Crippen molar-refractivity contribution in [1.82, 2.24) is 0 Å². The van der Waals surface area contributed by atoms with Gasteiger partial charge in [0.15, 0.2) is 46.5 Å². The molecule has 0 N–H and O–H groups in total. The van der Waals surface area contributed by atoms with Gasteiger partial charge < -0.3 is 0 Å². The van der Waals surface area contributed by atoms with Crippen molar-refractivity contribution < 1.29 is 70.2 Å². The van der Waals surface area contributed by atoms with Gasteiger partial charge in [-0.05, 0) is 0 Å². The maximum absolute atomic E-state index is 14.1. The van der Waals surface area contributed by atoms with E-state index in [2.05, 4.69) is 0 Å². The molecule has 17 heteroatoms. The molecule has 0 amide bonds. The Labute approximate surface area is 187 Å². The zero-order valence-electron chi connectivity index (χ0n) is 16.0. The molecule has 0 heterocycles. The van der Waals surface area contributed by atoms with Crippen molar-refractivity contribution in [2.45, 2.75) is 35.7 Å². The molecular weight excluding hydrogens is 552 g/mol. The van der Waals surface area contributed by atoms with Crippen LogP contribution in [-0.2, 0) is 0 Å². The first-order chi connectivity index (χ1) is 15.8. The highest BCUT2D eigenvalue weighted by molar-refractivity contribution is 7.99. The van der Waals surface area contributed by atoms with Gasteiger partial charge in [-0.15, -0.1) is 11.8 Å². The monoisotopic (exact) mass is 558 g/mol. The van der Waals surface area contributed by atoms with Crippen LogP contribution in [0.3, 0.4) is 0 Å². The molecule has 2 aromatic carbocycles. The van der Waals surface area contributed by atoms with E-state index < -0.39 is 117 Å². The summed E-state index contributed by atoms with van der Waals surface area (Å²) in [5, 5.41) is -6.44. The van der Waals surface area contributed by atoms with Crippen LogP contribution in [-0.4, -0.2) is 12.4 Å². The van der Waals surface area contributed by atoms with Crippen LogP contribution in [0.4, 0.5) is 70.2 Å². The van der Waals surface area contributed by atoms with Crippen molar-refractivity contribution >= 4 is 11.8 Å². The third kappa shape index (κ3) is 6.09. The molecule has 0 saturated carbocycles. The Morgan fingerprint density at radius 1 is 0.400 bits per heavy atom. The third-order valence-electron chi connectivity index (χ3n) is 4.29. The lowest BCUT2D eigenvalue weighted by molar-refractivity contribution is -0.135. The molecule has 0 fully saturated rings. The van der Waals surface area contributed by atoms with E-state index in [0.717, 1.165) is 0 Å². The Morgan fingerprint density at radius 3 is 0.800 bits per heavy atom. The van der Waals surface area contributed by atoms with E-state index in [-0.39, 0.29) is 0 Å². The first-order valence-corrected chi connectivity index (χ1v) is 9.54. The van der Waals surface area contributed by atoms with Crippen molar-refractivity contribution in [2.75, 3.05) is 0 Å². The summed E-state index contributed by atoms with van der Waals surface area (Å²) in [6.07, 6.45) is -16.4. The lowest BCUT2D eigenvalue weighted by atomic mass is 10.1. The topological polar surface area (TPSA) is 0 Å². The maximum atomic E-state index is 14.1. The number of benzene rings is 2. The van der Waals surface area contributed by atoms with Crippen LogP contribution in [0.2, 0.25) is 0 Å². The quantitative estimate of drug-likeness (QED) is 0.195. The first kappa shape index (κ1) is 28.9. The molecular formula is C18H6F16S. The predicted octanol–water partition coefficient (Wildman–Crippen LogP) is 8.50. The Morgan fingerprint density at radius 2 is 0.600 bits per heavy atom. The molecule has 2 atom stereocenters. The summed E-state index contributed by atoms with van der Waals surface area (Å²) in [6.45, 7) is 0. The summed E-state index contributed by atoms with van der Waals surface area (Å²) in [5.74, 6) is -28.5. The van der Waals surface area contributed by atoms with Gasteiger partial charge in [-0.25, -0.2) is 43.9 Å². The average molecular weight is 558 g/mol. The fourth-order valence-corrected chi connectivity index (χ4v) is 4.52. The number of hydrogen-bond acceptors (Lipinski definition) is 1. The smallest absolute Gasteiger partial charge is 0.203 e. The van der Waals surface area contributed by atoms with Crippen LogP contribution < -0.4 is 0 Å². The van der Waals surface area contributed by atoms with Crippen LogP contribution in [0.15, 0.2) is 0 Å². The van der Waals surface area contributed by atoms with Gasteiger partial charge in [0.05, 0.1) is 12.8 Å². The predicted molar refractivity (Wildman–Crippen MR) is 86.9 cm³/mol. The molecule has 0 aliphatic carbocycles. The molecule has 0 nitrogen and oxygen atoms in total.